The van der Waals surface area contributed by atoms with Gasteiger partial charge in [0.05, 0.1) is 5.58 Å². The van der Waals surface area contributed by atoms with Crippen molar-refractivity contribution in [1.82, 2.24) is 15.0 Å². The molecule has 42 heavy (non-hydrogen) atoms. The molecule has 0 spiro atoms. The molecule has 4 aromatic heterocycles. The van der Waals surface area contributed by atoms with Crippen LogP contribution in [-0.2, 0) is 26.5 Å². The van der Waals surface area contributed by atoms with Gasteiger partial charge >= 0.3 is 132 Å². The molecule has 0 aliphatic rings. The standard InChI is InChI=1S/C19H26GeN.C17H11N2O.Ir/c1-19(2,3)13-16-12-18(15-10-8-7-9-11-15)21-14-17(16)20(4,5)6;1-11-7-9-18-15(10-11)14-5-2-4-12-13-6-3-8-19-17(13)20-16(12)14;/h7-10,12,14H,13H2,1-6H3;2-4,6-10H,1H3;/q2*-1;. The zero-order valence-electron chi connectivity index (χ0n) is 25.4. The minimum absolute atomic E-state index is 0. The molecule has 0 atom stereocenters. The molecule has 0 aliphatic carbocycles. The zero-order chi connectivity index (χ0) is 29.2. The van der Waals surface area contributed by atoms with E-state index in [9.17, 15) is 0 Å². The van der Waals surface area contributed by atoms with E-state index in [2.05, 4.69) is 78.5 Å². The first-order chi connectivity index (χ1) is 19.5. The quantitative estimate of drug-likeness (QED) is 0.132. The molecule has 4 nitrogen and oxygen atoms in total. The molecule has 0 unspecified atom stereocenters. The van der Waals surface area contributed by atoms with E-state index < -0.39 is 13.3 Å². The number of pyridine rings is 3. The van der Waals surface area contributed by atoms with Crippen LogP contribution in [0.3, 0.4) is 0 Å². The third-order valence-electron chi connectivity index (χ3n) is 6.88. The summed E-state index contributed by atoms with van der Waals surface area (Å²) < 4.78 is 7.43. The summed E-state index contributed by atoms with van der Waals surface area (Å²) in [5.74, 6) is 7.33. The number of benzene rings is 2. The maximum Gasteiger partial charge on any atom is 0.216 e. The van der Waals surface area contributed by atoms with E-state index in [-0.39, 0.29) is 20.1 Å². The van der Waals surface area contributed by atoms with Gasteiger partial charge in [0.25, 0.3) is 0 Å². The normalized spacial score (nSPS) is 11.6. The second-order valence-corrected chi connectivity index (χ2v) is 23.3. The molecule has 1 radical (unpaired) electrons. The fourth-order valence-electron chi connectivity index (χ4n) is 5.03. The van der Waals surface area contributed by atoms with Crippen LogP contribution in [0.2, 0.25) is 17.3 Å². The van der Waals surface area contributed by atoms with Crippen LogP contribution in [0.1, 0.15) is 31.9 Å². The molecule has 2 aromatic carbocycles. The van der Waals surface area contributed by atoms with Crippen LogP contribution in [-0.4, -0.2) is 28.2 Å². The minimum atomic E-state index is -1.90. The van der Waals surface area contributed by atoms with Gasteiger partial charge in [0, 0.05) is 37.9 Å². The smallest absolute Gasteiger partial charge is 0.216 e. The molecule has 0 saturated carbocycles. The molecule has 0 aliphatic heterocycles. The Morgan fingerprint density at radius 2 is 1.62 bits per heavy atom. The third kappa shape index (κ3) is 7.44. The summed E-state index contributed by atoms with van der Waals surface area (Å²) in [6.45, 7) is 8.97. The van der Waals surface area contributed by atoms with E-state index >= 15 is 0 Å². The van der Waals surface area contributed by atoms with Gasteiger partial charge in [-0.1, -0.05) is 22.6 Å². The fraction of sp³-hybridized carbons (Fsp3) is 0.250. The Morgan fingerprint density at radius 1 is 0.810 bits per heavy atom. The summed E-state index contributed by atoms with van der Waals surface area (Å²) in [5, 5.41) is 2.07. The molecule has 0 N–H and O–H groups in total. The second kappa shape index (κ2) is 13.0. The van der Waals surface area contributed by atoms with Crippen molar-refractivity contribution in [2.75, 3.05) is 0 Å². The molecule has 6 aromatic rings. The number of fused-ring (bicyclic) bond motifs is 3. The first kappa shape index (κ1) is 31.8. The first-order valence-corrected chi connectivity index (χ1v) is 21.4. The number of rotatable bonds is 4. The summed E-state index contributed by atoms with van der Waals surface area (Å²) in [6.07, 6.45) is 6.78. The van der Waals surface area contributed by atoms with Crippen molar-refractivity contribution in [3.05, 3.63) is 109 Å². The van der Waals surface area contributed by atoms with Crippen molar-refractivity contribution in [2.45, 2.75) is 51.4 Å². The maximum absolute atomic E-state index is 5.90. The summed E-state index contributed by atoms with van der Waals surface area (Å²) >= 11 is -1.90. The number of hydrogen-bond donors (Lipinski definition) is 0. The molecule has 6 rings (SSSR count). The van der Waals surface area contributed by atoms with Gasteiger partial charge in [-0.05, 0) is 30.8 Å². The second-order valence-electron chi connectivity index (χ2n) is 12.8. The Kier molecular flexibility index (Phi) is 9.87. The monoisotopic (exact) mass is 794 g/mol. The van der Waals surface area contributed by atoms with Gasteiger partial charge < -0.3 is 9.40 Å². The van der Waals surface area contributed by atoms with Gasteiger partial charge in [-0.2, -0.15) is 0 Å². The number of furan rings is 1. The molecule has 6 heteroatoms. The van der Waals surface area contributed by atoms with E-state index in [0.717, 1.165) is 50.9 Å². The van der Waals surface area contributed by atoms with E-state index in [1.54, 1.807) is 12.4 Å². The van der Waals surface area contributed by atoms with E-state index in [0.29, 0.717) is 11.1 Å². The molecule has 4 heterocycles. The number of aromatic nitrogens is 3. The van der Waals surface area contributed by atoms with E-state index in [4.69, 9.17) is 9.40 Å². The number of aryl methyl sites for hydroxylation is 1. The van der Waals surface area contributed by atoms with Gasteiger partial charge in [0.1, 0.15) is 0 Å². The van der Waals surface area contributed by atoms with Crippen molar-refractivity contribution in [3.63, 3.8) is 0 Å². The summed E-state index contributed by atoms with van der Waals surface area (Å²) in [4.78, 5) is 13.4. The van der Waals surface area contributed by atoms with Crippen LogP contribution < -0.4 is 4.40 Å². The summed E-state index contributed by atoms with van der Waals surface area (Å²) in [7, 11) is 0. The molecule has 0 bridgehead atoms. The molecule has 0 fully saturated rings. The van der Waals surface area contributed by atoms with E-state index in [1.807, 2.05) is 61.5 Å². The Balaban J connectivity index is 0.000000188. The van der Waals surface area contributed by atoms with Crippen LogP contribution in [0.4, 0.5) is 0 Å². The van der Waals surface area contributed by atoms with Crippen LogP contribution in [0, 0.1) is 24.5 Å². The Labute approximate surface area is 265 Å². The van der Waals surface area contributed by atoms with Crippen molar-refractivity contribution in [2.24, 2.45) is 5.41 Å². The predicted molar refractivity (Wildman–Crippen MR) is 173 cm³/mol. The molecule has 0 amide bonds. The van der Waals surface area contributed by atoms with Crippen LogP contribution in [0.5, 0.6) is 0 Å². The summed E-state index contributed by atoms with van der Waals surface area (Å²) in [5.41, 5.74) is 8.26. The van der Waals surface area contributed by atoms with E-state index in [1.165, 1.54) is 9.96 Å². The minimum Gasteiger partial charge on any atom is -0.486 e. The van der Waals surface area contributed by atoms with Crippen molar-refractivity contribution in [3.8, 4) is 22.5 Å². The molecular weight excluding hydrogens is 755 g/mol. The Hall–Kier alpha value is -3.12. The average Bonchev–Trinajstić information content (AvgIpc) is 3.31. The van der Waals surface area contributed by atoms with Gasteiger partial charge in [0.2, 0.25) is 5.71 Å². The van der Waals surface area contributed by atoms with Crippen molar-refractivity contribution in [1.29, 1.82) is 0 Å². The average molecular weight is 793 g/mol. The van der Waals surface area contributed by atoms with Gasteiger partial charge in [-0.3, -0.25) is 0 Å². The molecule has 217 valence electrons. The van der Waals surface area contributed by atoms with Crippen LogP contribution >= 0.6 is 0 Å². The molecular formula is C36H37GeIrN3O-2. The SMILES string of the molecule is CC(C)(C)Cc1cc(-c2[c-]cccc2)nc[c]1[Ge]([CH3])([CH3])[CH3].Cc1ccnc(-c2[c-]ccc3c2oc2ncccc23)c1.[Ir]. The maximum atomic E-state index is 5.90. The van der Waals surface area contributed by atoms with Gasteiger partial charge in [0.15, 0.2) is 0 Å². The largest absolute Gasteiger partial charge is 0.486 e. The zero-order valence-corrected chi connectivity index (χ0v) is 29.9. The first-order valence-electron chi connectivity index (χ1n) is 14.1. The topological polar surface area (TPSA) is 51.8 Å². The summed E-state index contributed by atoms with van der Waals surface area (Å²) in [6, 6.07) is 28.7. The Bertz CT molecular complexity index is 1800. The van der Waals surface area contributed by atoms with Gasteiger partial charge in [-0.15, -0.1) is 18.2 Å². The van der Waals surface area contributed by atoms with Crippen molar-refractivity contribution >= 4 is 39.7 Å². The number of hydrogen-bond acceptors (Lipinski definition) is 4. The molecule has 0 saturated heterocycles. The number of nitrogens with zero attached hydrogens (tertiary/aromatic N) is 3. The predicted octanol–water partition coefficient (Wildman–Crippen LogP) is 8.83. The van der Waals surface area contributed by atoms with Crippen molar-refractivity contribution < 1.29 is 24.5 Å². The third-order valence-corrected chi connectivity index (χ3v) is 11.2. The van der Waals surface area contributed by atoms with Crippen LogP contribution in [0.15, 0.2) is 89.7 Å². The van der Waals surface area contributed by atoms with Crippen LogP contribution in [0.25, 0.3) is 44.6 Å². The Morgan fingerprint density at radius 3 is 2.31 bits per heavy atom. The fourth-order valence-corrected chi connectivity index (χ4v) is 8.34. The van der Waals surface area contributed by atoms with Gasteiger partial charge in [-0.25, -0.2) is 4.98 Å².